The Labute approximate surface area is 124 Å². The summed E-state index contributed by atoms with van der Waals surface area (Å²) in [5, 5.41) is 14.5. The molecule has 7 nitrogen and oxygen atoms in total. The fraction of sp³-hybridized carbons (Fsp3) is 0.571. The van der Waals surface area contributed by atoms with Crippen molar-refractivity contribution in [3.05, 3.63) is 17.5 Å². The van der Waals surface area contributed by atoms with Crippen molar-refractivity contribution in [2.45, 2.75) is 39.7 Å². The van der Waals surface area contributed by atoms with Gasteiger partial charge in [-0.25, -0.2) is 14.8 Å². The predicted molar refractivity (Wildman–Crippen MR) is 78.8 cm³/mol. The van der Waals surface area contributed by atoms with E-state index in [2.05, 4.69) is 20.6 Å². The van der Waals surface area contributed by atoms with E-state index in [1.165, 1.54) is 0 Å². The number of aromatic nitrogens is 2. The van der Waals surface area contributed by atoms with Crippen LogP contribution in [0.15, 0.2) is 6.07 Å². The molecule has 0 aliphatic heterocycles. The minimum atomic E-state index is -0.495. The Morgan fingerprint density at radius 1 is 1.38 bits per heavy atom. The largest absolute Gasteiger partial charge is 0.444 e. The number of anilines is 1. The van der Waals surface area contributed by atoms with Gasteiger partial charge < -0.3 is 15.4 Å². The van der Waals surface area contributed by atoms with Gasteiger partial charge in [0.2, 0.25) is 5.95 Å². The lowest BCUT2D eigenvalue weighted by Crippen LogP contribution is -2.33. The minimum absolute atomic E-state index is 0.330. The van der Waals surface area contributed by atoms with Gasteiger partial charge in [0.25, 0.3) is 0 Å². The molecule has 21 heavy (non-hydrogen) atoms. The predicted octanol–water partition coefficient (Wildman–Crippen LogP) is 1.98. The molecule has 7 heteroatoms. The average molecular weight is 291 g/mol. The number of rotatable bonds is 5. The molecular weight excluding hydrogens is 270 g/mol. The fourth-order valence-electron chi connectivity index (χ4n) is 1.50. The topological polar surface area (TPSA) is 99.9 Å². The molecule has 1 aromatic heterocycles. The second kappa shape index (κ2) is 7.43. The van der Waals surface area contributed by atoms with Crippen molar-refractivity contribution in [2.24, 2.45) is 0 Å². The first-order chi connectivity index (χ1) is 9.80. The summed E-state index contributed by atoms with van der Waals surface area (Å²) >= 11 is 0. The average Bonchev–Trinajstić information content (AvgIpc) is 2.35. The number of nitrogens with zero attached hydrogens (tertiary/aromatic N) is 3. The van der Waals surface area contributed by atoms with Gasteiger partial charge >= 0.3 is 6.09 Å². The first-order valence-electron chi connectivity index (χ1n) is 6.76. The van der Waals surface area contributed by atoms with Gasteiger partial charge in [-0.05, 0) is 40.2 Å². The number of carbonyl (C=O) groups is 1. The van der Waals surface area contributed by atoms with Crippen LogP contribution in [0.3, 0.4) is 0 Å². The number of carbonyl (C=O) groups excluding carboxylic acids is 1. The van der Waals surface area contributed by atoms with Crippen molar-refractivity contribution in [3.63, 3.8) is 0 Å². The zero-order valence-corrected chi connectivity index (χ0v) is 12.9. The van der Waals surface area contributed by atoms with Crippen molar-refractivity contribution in [3.8, 4) is 6.07 Å². The second-order valence-corrected chi connectivity index (χ2v) is 5.54. The van der Waals surface area contributed by atoms with Crippen LogP contribution in [-0.2, 0) is 4.74 Å². The molecule has 0 aliphatic rings. The molecule has 114 valence electrons. The summed E-state index contributed by atoms with van der Waals surface area (Å²) in [6.07, 6.45) is 0.263. The molecule has 0 aromatic carbocycles. The molecule has 0 bridgehead atoms. The summed E-state index contributed by atoms with van der Waals surface area (Å²) in [5.41, 5.74) is 0.568. The van der Waals surface area contributed by atoms with Gasteiger partial charge in [-0.15, -0.1) is 0 Å². The first kappa shape index (κ1) is 16.7. The zero-order valence-electron chi connectivity index (χ0n) is 12.9. The number of hydrogen-bond donors (Lipinski definition) is 2. The van der Waals surface area contributed by atoms with Crippen LogP contribution in [0.5, 0.6) is 0 Å². The third-order valence-corrected chi connectivity index (χ3v) is 2.27. The quantitative estimate of drug-likeness (QED) is 0.805. The Balaban J connectivity index is 2.28. The fourth-order valence-corrected chi connectivity index (χ4v) is 1.50. The van der Waals surface area contributed by atoms with Gasteiger partial charge in [0.15, 0.2) is 0 Å². The van der Waals surface area contributed by atoms with Gasteiger partial charge in [0.05, 0.1) is 0 Å². The summed E-state index contributed by atoms with van der Waals surface area (Å²) in [6, 6.07) is 3.60. The highest BCUT2D eigenvalue weighted by Crippen LogP contribution is 2.06. The highest BCUT2D eigenvalue weighted by molar-refractivity contribution is 5.67. The summed E-state index contributed by atoms with van der Waals surface area (Å²) in [4.78, 5) is 19.6. The number of hydrogen-bond acceptors (Lipinski definition) is 6. The number of alkyl carbamates (subject to hydrolysis) is 1. The Hall–Kier alpha value is -2.36. The summed E-state index contributed by atoms with van der Waals surface area (Å²) in [5.74, 6) is 0.420. The van der Waals surface area contributed by atoms with E-state index in [0.717, 1.165) is 5.69 Å². The van der Waals surface area contributed by atoms with Crippen molar-refractivity contribution in [1.29, 1.82) is 5.26 Å². The maximum atomic E-state index is 11.4. The molecule has 0 unspecified atom stereocenters. The van der Waals surface area contributed by atoms with E-state index < -0.39 is 11.7 Å². The normalized spacial score (nSPS) is 10.6. The Bertz CT molecular complexity index is 531. The van der Waals surface area contributed by atoms with E-state index in [-0.39, 0.29) is 0 Å². The van der Waals surface area contributed by atoms with Crippen LogP contribution in [-0.4, -0.2) is 34.8 Å². The molecule has 0 saturated heterocycles. The third-order valence-electron chi connectivity index (χ3n) is 2.27. The van der Waals surface area contributed by atoms with Crippen LogP contribution in [0, 0.1) is 18.3 Å². The lowest BCUT2D eigenvalue weighted by Gasteiger charge is -2.19. The highest BCUT2D eigenvalue weighted by atomic mass is 16.6. The zero-order chi connectivity index (χ0) is 15.9. The van der Waals surface area contributed by atoms with Crippen LogP contribution in [0.2, 0.25) is 0 Å². The van der Waals surface area contributed by atoms with Crippen molar-refractivity contribution >= 4 is 12.0 Å². The molecule has 1 rings (SSSR count). The van der Waals surface area contributed by atoms with Gasteiger partial charge in [-0.3, -0.25) is 0 Å². The third kappa shape index (κ3) is 7.11. The number of amides is 1. The van der Waals surface area contributed by atoms with Crippen LogP contribution < -0.4 is 10.6 Å². The van der Waals surface area contributed by atoms with Gasteiger partial charge in [-0.2, -0.15) is 5.26 Å². The Kier molecular flexibility index (Phi) is 5.91. The van der Waals surface area contributed by atoms with Crippen molar-refractivity contribution in [2.75, 3.05) is 18.4 Å². The molecule has 1 aromatic rings. The van der Waals surface area contributed by atoms with E-state index in [4.69, 9.17) is 10.00 Å². The lowest BCUT2D eigenvalue weighted by atomic mass is 10.2. The molecule has 0 radical (unpaired) electrons. The van der Waals surface area contributed by atoms with E-state index >= 15 is 0 Å². The monoisotopic (exact) mass is 291 g/mol. The number of nitrogens with one attached hydrogen (secondary N) is 2. The van der Waals surface area contributed by atoms with Crippen LogP contribution in [0.4, 0.5) is 10.7 Å². The molecule has 2 N–H and O–H groups in total. The van der Waals surface area contributed by atoms with Gasteiger partial charge in [0, 0.05) is 18.8 Å². The van der Waals surface area contributed by atoms with Gasteiger partial charge in [-0.1, -0.05) is 0 Å². The van der Waals surface area contributed by atoms with Crippen molar-refractivity contribution < 1.29 is 9.53 Å². The SMILES string of the molecule is Cc1cc(C#N)nc(NCCCNC(=O)OC(C)(C)C)n1. The standard InChI is InChI=1S/C14H21N5O2/c1-10-8-11(9-15)19-12(18-10)16-6-5-7-17-13(20)21-14(2,3)4/h8H,5-7H2,1-4H3,(H,17,20)(H,16,18,19). The number of ether oxygens (including phenoxy) is 1. The molecule has 0 fully saturated rings. The molecule has 1 amide bonds. The summed E-state index contributed by atoms with van der Waals surface area (Å²) in [7, 11) is 0. The molecule has 0 atom stereocenters. The highest BCUT2D eigenvalue weighted by Gasteiger charge is 2.15. The molecule has 0 spiro atoms. The first-order valence-corrected chi connectivity index (χ1v) is 6.76. The summed E-state index contributed by atoms with van der Waals surface area (Å²) < 4.78 is 5.12. The minimum Gasteiger partial charge on any atom is -0.444 e. The van der Waals surface area contributed by atoms with E-state index in [9.17, 15) is 4.79 Å². The lowest BCUT2D eigenvalue weighted by molar-refractivity contribution is 0.0528. The van der Waals surface area contributed by atoms with Gasteiger partial charge in [0.1, 0.15) is 17.4 Å². The van der Waals surface area contributed by atoms with E-state index in [1.54, 1.807) is 13.0 Å². The Morgan fingerprint density at radius 2 is 2.10 bits per heavy atom. The molecule has 0 saturated carbocycles. The van der Waals surface area contributed by atoms with Crippen LogP contribution in [0.25, 0.3) is 0 Å². The molecule has 0 aliphatic carbocycles. The van der Waals surface area contributed by atoms with E-state index in [1.807, 2.05) is 26.8 Å². The summed E-state index contributed by atoms with van der Waals surface area (Å²) in [6.45, 7) is 8.32. The number of aryl methyl sites for hydroxylation is 1. The maximum absolute atomic E-state index is 11.4. The van der Waals surface area contributed by atoms with Crippen molar-refractivity contribution in [1.82, 2.24) is 15.3 Å². The van der Waals surface area contributed by atoms with Crippen LogP contribution >= 0.6 is 0 Å². The maximum Gasteiger partial charge on any atom is 0.407 e. The van der Waals surface area contributed by atoms with E-state index in [0.29, 0.717) is 31.2 Å². The molecule has 1 heterocycles. The van der Waals surface area contributed by atoms with Crippen LogP contribution in [0.1, 0.15) is 38.6 Å². The smallest absolute Gasteiger partial charge is 0.407 e. The second-order valence-electron chi connectivity index (χ2n) is 5.54. The molecular formula is C14H21N5O2. The Morgan fingerprint density at radius 3 is 2.71 bits per heavy atom. The number of nitriles is 1.